The minimum Gasteiger partial charge on any atom is -0.369 e. The van der Waals surface area contributed by atoms with Gasteiger partial charge in [0.25, 0.3) is 0 Å². The van der Waals surface area contributed by atoms with Gasteiger partial charge in [-0.2, -0.15) is 0 Å². The lowest BCUT2D eigenvalue weighted by Crippen LogP contribution is -2.56. The normalized spacial score (nSPS) is 29.7. The molecule has 1 aromatic carbocycles. The fraction of sp³-hybridized carbons (Fsp3) is 0.526. The van der Waals surface area contributed by atoms with Gasteiger partial charge in [0.2, 0.25) is 5.91 Å². The van der Waals surface area contributed by atoms with E-state index < -0.39 is 5.41 Å². The van der Waals surface area contributed by atoms with Gasteiger partial charge in [-0.05, 0) is 42.4 Å². The van der Waals surface area contributed by atoms with E-state index in [4.69, 9.17) is 5.73 Å². The van der Waals surface area contributed by atoms with E-state index >= 15 is 0 Å². The largest absolute Gasteiger partial charge is 0.369 e. The molecule has 1 aliphatic heterocycles. The summed E-state index contributed by atoms with van der Waals surface area (Å²) in [6, 6.07) is 6.88. The number of benzene rings is 1. The molecule has 23 heavy (non-hydrogen) atoms. The van der Waals surface area contributed by atoms with Gasteiger partial charge in [-0.1, -0.05) is 26.0 Å². The Morgan fingerprint density at radius 3 is 3.00 bits per heavy atom. The minimum absolute atomic E-state index is 0.149. The number of piperidine rings is 1. The van der Waals surface area contributed by atoms with E-state index in [0.717, 1.165) is 19.3 Å². The van der Waals surface area contributed by atoms with Crippen LogP contribution in [0.15, 0.2) is 24.4 Å². The third kappa shape index (κ3) is 2.19. The molecule has 1 unspecified atom stereocenters. The quantitative estimate of drug-likeness (QED) is 0.815. The Hall–Kier alpha value is -1.81. The van der Waals surface area contributed by atoms with Crippen molar-refractivity contribution in [1.82, 2.24) is 10.3 Å². The van der Waals surface area contributed by atoms with Gasteiger partial charge in [-0.15, -0.1) is 0 Å². The molecule has 0 saturated carbocycles. The summed E-state index contributed by atoms with van der Waals surface area (Å²) in [6.07, 6.45) is 4.88. The lowest BCUT2D eigenvalue weighted by Gasteiger charge is -2.46. The van der Waals surface area contributed by atoms with Crippen LogP contribution in [0.25, 0.3) is 10.9 Å². The number of rotatable bonds is 3. The van der Waals surface area contributed by atoms with Gasteiger partial charge in [0, 0.05) is 35.6 Å². The van der Waals surface area contributed by atoms with Crippen LogP contribution in [0.1, 0.15) is 43.7 Å². The zero-order chi connectivity index (χ0) is 16.2. The average molecular weight is 311 g/mol. The molecule has 3 atom stereocenters. The van der Waals surface area contributed by atoms with Crippen molar-refractivity contribution in [3.8, 4) is 0 Å². The van der Waals surface area contributed by atoms with Gasteiger partial charge in [0.1, 0.15) is 0 Å². The van der Waals surface area contributed by atoms with Gasteiger partial charge >= 0.3 is 0 Å². The number of primary amides is 1. The average Bonchev–Trinajstić information content (AvgIpc) is 2.92. The molecule has 122 valence electrons. The van der Waals surface area contributed by atoms with Crippen molar-refractivity contribution < 1.29 is 4.79 Å². The highest BCUT2D eigenvalue weighted by atomic mass is 16.1. The molecule has 2 aromatic rings. The molecule has 0 bridgehead atoms. The third-order valence-corrected chi connectivity index (χ3v) is 5.78. The number of H-pyrrole nitrogens is 1. The number of nitrogens with one attached hydrogen (secondary N) is 2. The highest BCUT2D eigenvalue weighted by molar-refractivity contribution is 5.89. The summed E-state index contributed by atoms with van der Waals surface area (Å²) < 4.78 is 0. The van der Waals surface area contributed by atoms with E-state index in [1.165, 1.54) is 22.0 Å². The second-order valence-electron chi connectivity index (χ2n) is 7.83. The number of carbonyl (C=O) groups excluding carboxylic acids is 1. The SMILES string of the molecule is CC(C)CC1(C(N)=O)CN[C@@H]2Cc3c[nH]c4cccc(c34)[C@H]2C1. The molecular formula is C19H25N3O. The standard InChI is InChI=1S/C19H25N3O/c1-11(2)7-19(18(20)23)8-14-13-4-3-5-15-17(13)12(9-21-15)6-16(14)22-10-19/h3-5,9,11,14,16,21-22H,6-8,10H2,1-2H3,(H2,20,23)/t14-,16-,19?/m1/s1. The van der Waals surface area contributed by atoms with Gasteiger partial charge in [0.15, 0.2) is 0 Å². The molecule has 1 aliphatic carbocycles. The van der Waals surface area contributed by atoms with Crippen molar-refractivity contribution in [3.63, 3.8) is 0 Å². The number of aromatic amines is 1. The first-order valence-corrected chi connectivity index (χ1v) is 8.62. The number of carbonyl (C=O) groups is 1. The Bertz CT molecular complexity index is 763. The first kappa shape index (κ1) is 14.8. The Balaban J connectivity index is 1.78. The number of nitrogens with two attached hydrogens (primary N) is 1. The zero-order valence-electron chi connectivity index (χ0n) is 13.9. The molecule has 4 rings (SSSR count). The van der Waals surface area contributed by atoms with Crippen LogP contribution in [0.5, 0.6) is 0 Å². The molecule has 1 aromatic heterocycles. The van der Waals surface area contributed by atoms with Crippen LogP contribution in [0.3, 0.4) is 0 Å². The molecular weight excluding hydrogens is 286 g/mol. The third-order valence-electron chi connectivity index (χ3n) is 5.78. The second-order valence-corrected chi connectivity index (χ2v) is 7.83. The fourth-order valence-corrected chi connectivity index (χ4v) is 4.86. The number of fused-ring (bicyclic) bond motifs is 2. The summed E-state index contributed by atoms with van der Waals surface area (Å²) in [5, 5.41) is 5.02. The first-order chi connectivity index (χ1) is 11.0. The van der Waals surface area contributed by atoms with E-state index in [-0.39, 0.29) is 5.91 Å². The predicted molar refractivity (Wildman–Crippen MR) is 92.2 cm³/mol. The molecule has 4 heteroatoms. The Morgan fingerprint density at radius 1 is 1.43 bits per heavy atom. The predicted octanol–water partition coefficient (Wildman–Crippen LogP) is 2.69. The van der Waals surface area contributed by atoms with Crippen molar-refractivity contribution >= 4 is 16.8 Å². The monoisotopic (exact) mass is 311 g/mol. The van der Waals surface area contributed by atoms with Crippen LogP contribution in [-0.2, 0) is 11.2 Å². The maximum absolute atomic E-state index is 12.3. The maximum atomic E-state index is 12.3. The molecule has 0 radical (unpaired) electrons. The molecule has 2 aliphatic rings. The van der Waals surface area contributed by atoms with Crippen molar-refractivity contribution in [3.05, 3.63) is 35.5 Å². The highest BCUT2D eigenvalue weighted by Crippen LogP contribution is 2.47. The lowest BCUT2D eigenvalue weighted by atomic mass is 9.64. The molecule has 4 N–H and O–H groups in total. The fourth-order valence-electron chi connectivity index (χ4n) is 4.86. The van der Waals surface area contributed by atoms with Gasteiger partial charge < -0.3 is 16.0 Å². The van der Waals surface area contributed by atoms with Crippen LogP contribution in [0.4, 0.5) is 0 Å². The topological polar surface area (TPSA) is 70.9 Å². The lowest BCUT2D eigenvalue weighted by molar-refractivity contribution is -0.130. The van der Waals surface area contributed by atoms with Crippen molar-refractivity contribution in [1.29, 1.82) is 0 Å². The van der Waals surface area contributed by atoms with Gasteiger partial charge in [0.05, 0.1) is 5.41 Å². The Kier molecular flexibility index (Phi) is 3.27. The molecule has 4 nitrogen and oxygen atoms in total. The van der Waals surface area contributed by atoms with Gasteiger partial charge in [-0.25, -0.2) is 0 Å². The number of hydrogen-bond acceptors (Lipinski definition) is 2. The van der Waals surface area contributed by atoms with Crippen LogP contribution < -0.4 is 11.1 Å². The van der Waals surface area contributed by atoms with E-state index in [9.17, 15) is 4.79 Å². The number of hydrogen-bond donors (Lipinski definition) is 3. The summed E-state index contributed by atoms with van der Waals surface area (Å²) >= 11 is 0. The van der Waals surface area contributed by atoms with E-state index in [1.54, 1.807) is 0 Å². The number of aromatic nitrogens is 1. The van der Waals surface area contributed by atoms with Crippen LogP contribution in [0.2, 0.25) is 0 Å². The van der Waals surface area contributed by atoms with E-state index in [1.807, 2.05) is 0 Å². The minimum atomic E-state index is -0.425. The van der Waals surface area contributed by atoms with Crippen LogP contribution in [0, 0.1) is 11.3 Å². The van der Waals surface area contributed by atoms with Crippen molar-refractivity contribution in [2.75, 3.05) is 6.54 Å². The smallest absolute Gasteiger partial charge is 0.224 e. The van der Waals surface area contributed by atoms with Gasteiger partial charge in [-0.3, -0.25) is 4.79 Å². The number of amides is 1. The highest BCUT2D eigenvalue weighted by Gasteiger charge is 2.47. The Labute approximate surface area is 136 Å². The second kappa shape index (κ2) is 5.10. The zero-order valence-corrected chi connectivity index (χ0v) is 13.9. The molecule has 1 amide bonds. The maximum Gasteiger partial charge on any atom is 0.224 e. The summed E-state index contributed by atoms with van der Waals surface area (Å²) in [7, 11) is 0. The van der Waals surface area contributed by atoms with E-state index in [0.29, 0.717) is 24.4 Å². The summed E-state index contributed by atoms with van der Waals surface area (Å²) in [5.41, 5.74) is 9.40. The van der Waals surface area contributed by atoms with Crippen LogP contribution >= 0.6 is 0 Å². The first-order valence-electron chi connectivity index (χ1n) is 8.62. The molecule has 1 saturated heterocycles. The molecule has 2 heterocycles. The molecule has 1 fully saturated rings. The molecule has 0 spiro atoms. The van der Waals surface area contributed by atoms with Crippen LogP contribution in [-0.4, -0.2) is 23.5 Å². The summed E-state index contributed by atoms with van der Waals surface area (Å²) in [4.78, 5) is 15.7. The van der Waals surface area contributed by atoms with Crippen molar-refractivity contribution in [2.24, 2.45) is 17.1 Å². The van der Waals surface area contributed by atoms with Crippen molar-refractivity contribution in [2.45, 2.75) is 45.1 Å². The Morgan fingerprint density at radius 2 is 2.26 bits per heavy atom. The summed E-state index contributed by atoms with van der Waals surface area (Å²) in [5.74, 6) is 0.675. The summed E-state index contributed by atoms with van der Waals surface area (Å²) in [6.45, 7) is 5.04. The van der Waals surface area contributed by atoms with E-state index in [2.05, 4.69) is 48.5 Å².